The summed E-state index contributed by atoms with van der Waals surface area (Å²) < 4.78 is 38.3. The zero-order valence-electron chi connectivity index (χ0n) is 14.1. The lowest BCUT2D eigenvalue weighted by atomic mass is 9.79. The molecule has 1 spiro atoms. The van der Waals surface area contributed by atoms with Gasteiger partial charge in [0.05, 0.1) is 11.8 Å². The Morgan fingerprint density at radius 3 is 2.88 bits per heavy atom. The first-order valence-electron chi connectivity index (χ1n) is 8.63. The van der Waals surface area contributed by atoms with Crippen molar-refractivity contribution in [2.24, 2.45) is 5.41 Å². The van der Waals surface area contributed by atoms with Crippen LogP contribution in [0, 0.1) is 12.3 Å². The number of nitrogens with zero attached hydrogens (tertiary/aromatic N) is 3. The van der Waals surface area contributed by atoms with Crippen molar-refractivity contribution in [2.45, 2.75) is 38.8 Å². The largest absolute Gasteiger partial charge is 0.393 e. The second-order valence-electron chi connectivity index (χ2n) is 7.27. The molecule has 0 aliphatic carbocycles. The van der Waals surface area contributed by atoms with Crippen LogP contribution in [0.3, 0.4) is 0 Å². The summed E-state index contributed by atoms with van der Waals surface area (Å²) in [6.07, 6.45) is -1.66. The number of nitrogens with one attached hydrogen (secondary N) is 1. The number of aryl methyl sites for hydroxylation is 1. The first kappa shape index (κ1) is 17.0. The molecule has 2 aliphatic heterocycles. The van der Waals surface area contributed by atoms with Gasteiger partial charge in [0.25, 0.3) is 0 Å². The van der Waals surface area contributed by atoms with E-state index in [0.29, 0.717) is 15.5 Å². The van der Waals surface area contributed by atoms with Crippen LogP contribution in [0.4, 0.5) is 19.0 Å². The average molecular weight is 370 g/mol. The first-order chi connectivity index (χ1) is 11.8. The van der Waals surface area contributed by atoms with E-state index in [1.54, 1.807) is 6.07 Å². The molecule has 25 heavy (non-hydrogen) atoms. The van der Waals surface area contributed by atoms with Gasteiger partial charge in [0, 0.05) is 29.9 Å². The predicted molar refractivity (Wildman–Crippen MR) is 93.3 cm³/mol. The number of hydrogen-bond acceptors (Lipinski definition) is 5. The lowest BCUT2D eigenvalue weighted by Crippen LogP contribution is -2.45. The fraction of sp³-hybridized carbons (Fsp3) is 0.647. The molecule has 1 N–H and O–H groups in total. The van der Waals surface area contributed by atoms with Crippen molar-refractivity contribution in [3.05, 3.63) is 16.8 Å². The van der Waals surface area contributed by atoms with Gasteiger partial charge in [-0.2, -0.15) is 13.2 Å². The predicted octanol–water partition coefficient (Wildman–Crippen LogP) is 3.68. The molecule has 136 valence electrons. The van der Waals surface area contributed by atoms with Gasteiger partial charge in [-0.05, 0) is 38.8 Å². The topological polar surface area (TPSA) is 41.1 Å². The minimum Gasteiger partial charge on any atom is -0.355 e. The number of alkyl halides is 3. The zero-order chi connectivity index (χ0) is 17.7. The number of fused-ring (bicyclic) bond motifs is 1. The second kappa shape index (κ2) is 6.09. The fourth-order valence-electron chi connectivity index (χ4n) is 4.12. The molecule has 1 unspecified atom stereocenters. The van der Waals surface area contributed by atoms with Gasteiger partial charge in [-0.15, -0.1) is 11.3 Å². The number of piperidine rings is 1. The van der Waals surface area contributed by atoms with Crippen LogP contribution < -0.4 is 10.2 Å². The minimum absolute atomic E-state index is 0.272. The molecule has 2 aliphatic rings. The van der Waals surface area contributed by atoms with Crippen molar-refractivity contribution >= 4 is 27.4 Å². The molecular formula is C17H21F3N4S. The molecule has 0 aromatic carbocycles. The summed E-state index contributed by atoms with van der Waals surface area (Å²) in [5.74, 6) is 1.42. The number of aromatic nitrogens is 2. The standard InChI is InChI=1S/C17H21F3N4S/c1-11-22-14(24-6-2-3-16(10-24)4-5-21-9-16)13-7-12(8-17(18,19)20)25-15(13)23-11/h7,21H,2-6,8-10H2,1H3. The number of hydrogen-bond donors (Lipinski definition) is 1. The normalized spacial score (nSPS) is 24.6. The number of anilines is 1. The van der Waals surface area contributed by atoms with E-state index in [9.17, 15) is 13.2 Å². The van der Waals surface area contributed by atoms with Gasteiger partial charge in [-0.3, -0.25) is 0 Å². The van der Waals surface area contributed by atoms with Crippen molar-refractivity contribution in [1.29, 1.82) is 0 Å². The minimum atomic E-state index is -4.20. The monoisotopic (exact) mass is 370 g/mol. The van der Waals surface area contributed by atoms with Crippen LogP contribution in [0.1, 0.15) is 30.0 Å². The summed E-state index contributed by atoms with van der Waals surface area (Å²) in [6, 6.07) is 1.64. The van der Waals surface area contributed by atoms with Gasteiger partial charge < -0.3 is 10.2 Å². The molecule has 0 radical (unpaired) electrons. The summed E-state index contributed by atoms with van der Waals surface area (Å²) in [4.78, 5) is 12.2. The third-order valence-electron chi connectivity index (χ3n) is 5.20. The Morgan fingerprint density at radius 1 is 1.32 bits per heavy atom. The SMILES string of the molecule is Cc1nc(N2CCCC3(CCNC3)C2)c2cc(CC(F)(F)F)sc2n1. The summed E-state index contributed by atoms with van der Waals surface area (Å²) in [7, 11) is 0. The van der Waals surface area contributed by atoms with Crippen molar-refractivity contribution in [1.82, 2.24) is 15.3 Å². The van der Waals surface area contributed by atoms with Gasteiger partial charge in [-0.1, -0.05) is 0 Å². The maximum atomic E-state index is 12.8. The van der Waals surface area contributed by atoms with E-state index in [-0.39, 0.29) is 5.41 Å². The molecule has 4 heterocycles. The third kappa shape index (κ3) is 3.46. The number of thiophene rings is 1. The van der Waals surface area contributed by atoms with Gasteiger partial charge in [0.15, 0.2) is 0 Å². The molecule has 8 heteroatoms. The molecule has 2 aromatic heterocycles. The molecule has 2 saturated heterocycles. The van der Waals surface area contributed by atoms with E-state index in [1.807, 2.05) is 6.92 Å². The Kier molecular flexibility index (Phi) is 4.15. The van der Waals surface area contributed by atoms with Crippen LogP contribution in [0.15, 0.2) is 6.07 Å². The number of halogens is 3. The quantitative estimate of drug-likeness (QED) is 0.876. The van der Waals surface area contributed by atoms with E-state index < -0.39 is 12.6 Å². The number of rotatable bonds is 2. The Bertz CT molecular complexity index is 780. The van der Waals surface area contributed by atoms with Crippen LogP contribution in [0.2, 0.25) is 0 Å². The van der Waals surface area contributed by atoms with Gasteiger partial charge in [0.2, 0.25) is 0 Å². The summed E-state index contributed by atoms with van der Waals surface area (Å²) in [5.41, 5.74) is 0.272. The summed E-state index contributed by atoms with van der Waals surface area (Å²) in [5, 5.41) is 4.21. The van der Waals surface area contributed by atoms with Crippen molar-refractivity contribution in [3.63, 3.8) is 0 Å². The molecule has 4 rings (SSSR count). The van der Waals surface area contributed by atoms with Crippen LogP contribution in [-0.4, -0.2) is 42.3 Å². The van der Waals surface area contributed by atoms with Crippen LogP contribution >= 0.6 is 11.3 Å². The van der Waals surface area contributed by atoms with Gasteiger partial charge >= 0.3 is 6.18 Å². The lowest BCUT2D eigenvalue weighted by molar-refractivity contribution is -0.126. The lowest BCUT2D eigenvalue weighted by Gasteiger charge is -2.40. The van der Waals surface area contributed by atoms with E-state index >= 15 is 0 Å². The molecule has 0 saturated carbocycles. The van der Waals surface area contributed by atoms with Crippen LogP contribution in [-0.2, 0) is 6.42 Å². The Labute approximate surface area is 148 Å². The van der Waals surface area contributed by atoms with Gasteiger partial charge in [0.1, 0.15) is 16.5 Å². The highest BCUT2D eigenvalue weighted by molar-refractivity contribution is 7.18. The third-order valence-corrected chi connectivity index (χ3v) is 6.23. The highest BCUT2D eigenvalue weighted by atomic mass is 32.1. The molecule has 1 atom stereocenters. The fourth-order valence-corrected chi connectivity index (χ4v) is 5.22. The highest BCUT2D eigenvalue weighted by Crippen LogP contribution is 2.40. The molecule has 2 aromatic rings. The van der Waals surface area contributed by atoms with Crippen LogP contribution in [0.5, 0.6) is 0 Å². The zero-order valence-corrected chi connectivity index (χ0v) is 14.9. The molecule has 2 fully saturated rings. The maximum Gasteiger partial charge on any atom is 0.393 e. The molecular weight excluding hydrogens is 349 g/mol. The van der Waals surface area contributed by atoms with Crippen LogP contribution in [0.25, 0.3) is 10.2 Å². The smallest absolute Gasteiger partial charge is 0.355 e. The maximum absolute atomic E-state index is 12.8. The Morgan fingerprint density at radius 2 is 2.16 bits per heavy atom. The molecule has 4 nitrogen and oxygen atoms in total. The molecule has 0 bridgehead atoms. The van der Waals surface area contributed by atoms with Crippen molar-refractivity contribution < 1.29 is 13.2 Å². The van der Waals surface area contributed by atoms with E-state index in [4.69, 9.17) is 0 Å². The van der Waals surface area contributed by atoms with E-state index in [1.165, 1.54) is 6.42 Å². The van der Waals surface area contributed by atoms with E-state index in [0.717, 1.165) is 61.6 Å². The van der Waals surface area contributed by atoms with Gasteiger partial charge in [-0.25, -0.2) is 9.97 Å². The first-order valence-corrected chi connectivity index (χ1v) is 9.45. The van der Waals surface area contributed by atoms with Crippen molar-refractivity contribution in [3.8, 4) is 0 Å². The van der Waals surface area contributed by atoms with Crippen molar-refractivity contribution in [2.75, 3.05) is 31.1 Å². The second-order valence-corrected chi connectivity index (χ2v) is 8.39. The van der Waals surface area contributed by atoms with E-state index in [2.05, 4.69) is 20.2 Å². The summed E-state index contributed by atoms with van der Waals surface area (Å²) >= 11 is 1.13. The average Bonchev–Trinajstić information content (AvgIpc) is 3.11. The molecule has 0 amide bonds. The Balaban J connectivity index is 1.70. The highest BCUT2D eigenvalue weighted by Gasteiger charge is 2.39. The summed E-state index contributed by atoms with van der Waals surface area (Å²) in [6.45, 7) is 5.68. The Hall–Kier alpha value is -1.41.